The Morgan fingerprint density at radius 2 is 1.74 bits per heavy atom. The van der Waals surface area contributed by atoms with Crippen LogP contribution in [0.1, 0.15) is 38.8 Å². The van der Waals surface area contributed by atoms with E-state index in [9.17, 15) is 14.7 Å². The number of rotatable bonds is 4. The molecule has 5 heteroatoms. The number of aryl methyl sites for hydroxylation is 2. The number of benzene rings is 2. The van der Waals surface area contributed by atoms with Crippen LogP contribution in [0.2, 0.25) is 0 Å². The summed E-state index contributed by atoms with van der Waals surface area (Å²) in [6.45, 7) is 2.26. The van der Waals surface area contributed by atoms with Crippen LogP contribution in [0.3, 0.4) is 0 Å². The Balaban J connectivity index is 1.75. The fourth-order valence-corrected chi connectivity index (χ4v) is 3.54. The lowest BCUT2D eigenvalue weighted by molar-refractivity contribution is 0.0450. The molecule has 0 saturated heterocycles. The second-order valence-electron chi connectivity index (χ2n) is 6.65. The van der Waals surface area contributed by atoms with Crippen LogP contribution < -0.4 is 5.56 Å². The molecule has 0 spiro atoms. The Morgan fingerprint density at radius 1 is 1.04 bits per heavy atom. The summed E-state index contributed by atoms with van der Waals surface area (Å²) in [6.07, 6.45) is -0.197. The van der Waals surface area contributed by atoms with Gasteiger partial charge in [0.15, 0.2) is 6.10 Å². The van der Waals surface area contributed by atoms with Gasteiger partial charge in [-0.1, -0.05) is 48.5 Å². The third kappa shape index (κ3) is 3.01. The first-order chi connectivity index (χ1) is 13.1. The number of ether oxygens (including phenoxy) is 1. The van der Waals surface area contributed by atoms with E-state index >= 15 is 0 Å². The summed E-state index contributed by atoms with van der Waals surface area (Å²) in [4.78, 5) is 25.3. The molecular weight excluding hydrogens is 342 g/mol. The monoisotopic (exact) mass is 361 g/mol. The first-order valence-corrected chi connectivity index (χ1v) is 8.83. The van der Waals surface area contributed by atoms with E-state index in [1.165, 1.54) is 0 Å². The summed E-state index contributed by atoms with van der Waals surface area (Å²) in [5.41, 5.74) is 2.59. The minimum Gasteiger partial charge on any atom is -0.507 e. The molecular formula is C22H19NO4. The van der Waals surface area contributed by atoms with Crippen LogP contribution in [0.4, 0.5) is 0 Å². The Bertz CT molecular complexity index is 1070. The van der Waals surface area contributed by atoms with Crippen LogP contribution >= 0.6 is 0 Å². The molecule has 0 aliphatic carbocycles. The number of carbonyl (C=O) groups excluding carboxylic acids is 1. The zero-order chi connectivity index (χ0) is 19.0. The van der Waals surface area contributed by atoms with Crippen molar-refractivity contribution in [2.75, 3.05) is 0 Å². The van der Waals surface area contributed by atoms with Crippen molar-refractivity contribution in [3.63, 3.8) is 0 Å². The summed E-state index contributed by atoms with van der Waals surface area (Å²) >= 11 is 0. The molecule has 4 rings (SSSR count). The van der Waals surface area contributed by atoms with Gasteiger partial charge in [-0.3, -0.25) is 4.79 Å². The minimum atomic E-state index is -0.884. The molecule has 0 fully saturated rings. The SMILES string of the molecule is Cc1cc(O)c([C@@H]2OC(=O)c3ccccc32)c(=O)n1CCc1ccccc1. The van der Waals surface area contributed by atoms with Crippen LogP contribution in [0, 0.1) is 6.92 Å². The topological polar surface area (TPSA) is 68.5 Å². The molecule has 0 amide bonds. The van der Waals surface area contributed by atoms with Crippen molar-refractivity contribution in [1.29, 1.82) is 0 Å². The predicted molar refractivity (Wildman–Crippen MR) is 101 cm³/mol. The molecule has 1 aromatic heterocycles. The van der Waals surface area contributed by atoms with Gasteiger partial charge in [-0.05, 0) is 31.0 Å². The molecule has 5 nitrogen and oxygen atoms in total. The lowest BCUT2D eigenvalue weighted by Gasteiger charge is -2.17. The van der Waals surface area contributed by atoms with Crippen LogP contribution in [-0.2, 0) is 17.7 Å². The Hall–Kier alpha value is -3.34. The largest absolute Gasteiger partial charge is 0.507 e. The lowest BCUT2D eigenvalue weighted by Crippen LogP contribution is -2.28. The maximum absolute atomic E-state index is 13.1. The number of hydrogen-bond acceptors (Lipinski definition) is 4. The van der Waals surface area contributed by atoms with E-state index < -0.39 is 12.1 Å². The average Bonchev–Trinajstić information content (AvgIpc) is 2.99. The van der Waals surface area contributed by atoms with E-state index in [-0.39, 0.29) is 16.9 Å². The number of hydrogen-bond donors (Lipinski definition) is 1. The summed E-state index contributed by atoms with van der Waals surface area (Å²) in [5, 5.41) is 10.4. The number of esters is 1. The number of cyclic esters (lactones) is 1. The van der Waals surface area contributed by atoms with Gasteiger partial charge in [0.25, 0.3) is 5.56 Å². The molecule has 136 valence electrons. The standard InChI is InChI=1S/C22H19NO4/c1-14-13-18(24)19(20-16-9-5-6-10-17(16)22(26)27-20)21(25)23(14)12-11-15-7-3-2-4-8-15/h2-10,13,20,24H,11-12H2,1H3/t20-/m1/s1. The Kier molecular flexibility index (Phi) is 4.28. The van der Waals surface area contributed by atoms with Crippen LogP contribution in [0.5, 0.6) is 5.75 Å². The summed E-state index contributed by atoms with van der Waals surface area (Å²) in [7, 11) is 0. The lowest BCUT2D eigenvalue weighted by atomic mass is 9.99. The summed E-state index contributed by atoms with van der Waals surface area (Å²) in [5.74, 6) is -0.631. The van der Waals surface area contributed by atoms with Crippen molar-refractivity contribution >= 4 is 5.97 Å². The van der Waals surface area contributed by atoms with E-state index in [0.29, 0.717) is 29.8 Å². The second kappa shape index (κ2) is 6.76. The Morgan fingerprint density at radius 3 is 2.52 bits per heavy atom. The van der Waals surface area contributed by atoms with E-state index in [0.717, 1.165) is 5.56 Å². The minimum absolute atomic E-state index is 0.104. The average molecular weight is 361 g/mol. The van der Waals surface area contributed by atoms with Gasteiger partial charge in [0, 0.05) is 17.8 Å². The van der Waals surface area contributed by atoms with Gasteiger partial charge >= 0.3 is 5.97 Å². The number of aromatic hydroxyl groups is 1. The molecule has 0 radical (unpaired) electrons. The molecule has 3 aromatic rings. The van der Waals surface area contributed by atoms with Gasteiger partial charge in [0.05, 0.1) is 5.56 Å². The van der Waals surface area contributed by atoms with E-state index in [1.807, 2.05) is 30.3 Å². The normalized spacial score (nSPS) is 15.4. The maximum Gasteiger partial charge on any atom is 0.339 e. The van der Waals surface area contributed by atoms with Crippen LogP contribution in [0.25, 0.3) is 0 Å². The fourth-order valence-electron chi connectivity index (χ4n) is 3.54. The second-order valence-corrected chi connectivity index (χ2v) is 6.65. The van der Waals surface area contributed by atoms with Crippen molar-refractivity contribution in [3.8, 4) is 5.75 Å². The number of aromatic nitrogens is 1. The molecule has 27 heavy (non-hydrogen) atoms. The highest BCUT2D eigenvalue weighted by molar-refractivity contribution is 5.94. The van der Waals surface area contributed by atoms with Gasteiger partial charge in [0.2, 0.25) is 0 Å². The van der Waals surface area contributed by atoms with Crippen molar-refractivity contribution < 1.29 is 14.6 Å². The summed E-state index contributed by atoms with van der Waals surface area (Å²) in [6, 6.07) is 18.4. The third-order valence-electron chi connectivity index (χ3n) is 4.94. The quantitative estimate of drug-likeness (QED) is 0.724. The number of fused-ring (bicyclic) bond motifs is 1. The van der Waals surface area contributed by atoms with Gasteiger partial charge in [-0.25, -0.2) is 4.79 Å². The molecule has 0 saturated carbocycles. The van der Waals surface area contributed by atoms with E-state index in [2.05, 4.69) is 0 Å². The van der Waals surface area contributed by atoms with Gasteiger partial charge in [-0.2, -0.15) is 0 Å². The molecule has 1 aliphatic rings. The third-order valence-corrected chi connectivity index (χ3v) is 4.94. The molecule has 2 heterocycles. The molecule has 0 unspecified atom stereocenters. The first-order valence-electron chi connectivity index (χ1n) is 8.83. The zero-order valence-corrected chi connectivity index (χ0v) is 14.9. The molecule has 2 aromatic carbocycles. The van der Waals surface area contributed by atoms with Crippen LogP contribution in [0.15, 0.2) is 65.5 Å². The van der Waals surface area contributed by atoms with E-state index in [4.69, 9.17) is 4.74 Å². The molecule has 1 N–H and O–H groups in total. The molecule has 1 atom stereocenters. The number of nitrogens with zero attached hydrogens (tertiary/aromatic N) is 1. The Labute approximate surface area is 156 Å². The van der Waals surface area contributed by atoms with Gasteiger partial charge in [0.1, 0.15) is 11.3 Å². The van der Waals surface area contributed by atoms with E-state index in [1.54, 1.807) is 41.8 Å². The first kappa shape index (κ1) is 17.1. The highest BCUT2D eigenvalue weighted by Gasteiger charge is 2.35. The van der Waals surface area contributed by atoms with Crippen molar-refractivity contribution in [1.82, 2.24) is 4.57 Å². The number of carbonyl (C=O) groups is 1. The number of pyridine rings is 1. The van der Waals surface area contributed by atoms with Crippen LogP contribution in [-0.4, -0.2) is 15.6 Å². The highest BCUT2D eigenvalue weighted by Crippen LogP contribution is 2.37. The van der Waals surface area contributed by atoms with Gasteiger partial charge < -0.3 is 14.4 Å². The van der Waals surface area contributed by atoms with Crippen molar-refractivity contribution in [3.05, 3.63) is 99.0 Å². The molecule has 0 bridgehead atoms. The highest BCUT2D eigenvalue weighted by atomic mass is 16.5. The van der Waals surface area contributed by atoms with Crippen molar-refractivity contribution in [2.45, 2.75) is 26.0 Å². The predicted octanol–water partition coefficient (Wildman–Crippen LogP) is 3.36. The van der Waals surface area contributed by atoms with Crippen molar-refractivity contribution in [2.24, 2.45) is 0 Å². The summed E-state index contributed by atoms with van der Waals surface area (Å²) < 4.78 is 7.05. The molecule has 1 aliphatic heterocycles. The zero-order valence-electron chi connectivity index (χ0n) is 14.9. The fraction of sp³-hybridized carbons (Fsp3) is 0.182. The van der Waals surface area contributed by atoms with Gasteiger partial charge in [-0.15, -0.1) is 0 Å². The maximum atomic E-state index is 13.1. The smallest absolute Gasteiger partial charge is 0.339 e.